The summed E-state index contributed by atoms with van der Waals surface area (Å²) < 4.78 is 2.35. The van der Waals surface area contributed by atoms with Crippen molar-refractivity contribution in [2.24, 2.45) is 0 Å². The van der Waals surface area contributed by atoms with Crippen LogP contribution in [0.2, 0.25) is 0 Å². The minimum atomic E-state index is 0.386. The summed E-state index contributed by atoms with van der Waals surface area (Å²) in [4.78, 5) is 7.27. The standard InChI is InChI=1S/C24H25N.C24H23N.C24H27N.C22H21N.20C2H6.C2H4/c1-4-7-8-9-13-19-14-12-15-20(18-19)25-23(6-3)21(5-2)22-16-10-11-17-24(22)25;1-2-3-4-7-13-21-14-12-19-24(20-21)25(22-15-8-5-9-16-22)23-17-10-6-11-18-23;1-2-3-4-7-12-21-17-19-24(20-18-21)25(22-13-8-5-9-14-22)23-15-10-6-11-16-23;1-2-3-8-17-13-15-18(16-14-17)23-21-11-6-4-9-19(21)20-10-5-7-12-22(20)23;21*1-2/h4-8,10-11,14,16-18H,1-3,9,12-13,15H2;2-6,8-12,14-20H,1,7,13H2;2-6,8-11,13-15,17,19,23H,1,7,12,16,18,20H2;2,4-7,9-16,19,21H,1,3,8H2;20*1-2H3;1-2H2/b8-7+;2*4-3+;;;;;;;;;;;;;;;;;;;;;;. The molecule has 0 bridgehead atoms. The Kier molecular flexibility index (Phi) is 136. The zero-order valence-electron chi connectivity index (χ0n) is 98.6. The van der Waals surface area contributed by atoms with E-state index in [2.05, 4.69) is 351 Å². The fourth-order valence-corrected chi connectivity index (χ4v) is 13.6. The number of para-hydroxylation sites is 5. The molecular weight excluding hydrogens is 1690 g/mol. The number of aromatic nitrogens is 1. The molecule has 0 radical (unpaired) electrons. The second kappa shape index (κ2) is 124. The molecule has 13 rings (SSSR count). The fourth-order valence-electron chi connectivity index (χ4n) is 13.6. The molecule has 1 aromatic heterocycles. The molecule has 0 amide bonds. The predicted octanol–water partition coefficient (Wildman–Crippen LogP) is 47.2. The van der Waals surface area contributed by atoms with Gasteiger partial charge in [-0.05, 0) is 197 Å². The molecule has 2 heterocycles. The molecule has 140 heavy (non-hydrogen) atoms. The monoisotopic (exact) mass is 1910 g/mol. The Hall–Kier alpha value is -11.2. The first-order chi connectivity index (χ1) is 69.4. The van der Waals surface area contributed by atoms with Crippen molar-refractivity contribution in [2.75, 3.05) is 14.7 Å². The van der Waals surface area contributed by atoms with Crippen LogP contribution in [0.15, 0.2) is 391 Å². The van der Waals surface area contributed by atoms with Crippen molar-refractivity contribution < 1.29 is 0 Å². The zero-order valence-corrected chi connectivity index (χ0v) is 98.6. The number of benzene rings is 7. The van der Waals surface area contributed by atoms with Gasteiger partial charge >= 0.3 is 0 Å². The fraction of sp³-hybridized carbons (Fsp3) is 0.412. The summed E-state index contributed by atoms with van der Waals surface area (Å²) in [5, 5.41) is 1.23. The van der Waals surface area contributed by atoms with Gasteiger partial charge in [-0.3, -0.25) is 0 Å². The maximum atomic E-state index is 4.05. The van der Waals surface area contributed by atoms with Gasteiger partial charge in [0.1, 0.15) is 0 Å². The van der Waals surface area contributed by atoms with Crippen LogP contribution < -0.4 is 14.7 Å². The molecule has 0 saturated carbocycles. The number of hydrogen-bond donors (Lipinski definition) is 0. The molecule has 4 aliphatic carbocycles. The van der Waals surface area contributed by atoms with Gasteiger partial charge in [-0.2, -0.15) is 0 Å². The molecule has 1 aliphatic heterocycles. The summed E-state index contributed by atoms with van der Waals surface area (Å²) in [6.07, 6.45) is 65.1. The molecule has 0 fully saturated rings. The SMILES string of the molecule is C=C.C=C/C=C/CCC1=CC=C(N(c2ccccc2)C2C=CC=CC2)CC1.C=C/C=C/CCC1=CCCC(n2c(C=C)c(C=C)c3ccccc32)=C1.C=C/C=C/CCc1cccc(N(c2ccccc2)c2ccccc2)c1.C=CCCc1ccc(N2c3ccccc3C3C=CC=CC32)cc1.CC.CC.CC.CC.CC.CC.CC.CC.CC.CC.CC.CC.CC.CC.CC.CC.CC.CC.CC.CC. The van der Waals surface area contributed by atoms with Crippen LogP contribution in [0.25, 0.3) is 28.8 Å². The Morgan fingerprint density at radius 1 is 0.371 bits per heavy atom. The number of aryl methyl sites for hydroxylation is 2. The normalized spacial score (nSPS) is 12.3. The number of nitrogens with zero attached hydrogens (tertiary/aromatic N) is 4. The third-order valence-electron chi connectivity index (χ3n) is 18.3. The van der Waals surface area contributed by atoms with Gasteiger partial charge in [-0.15, -0.1) is 19.7 Å². The molecular formula is C136H220N4. The van der Waals surface area contributed by atoms with Crippen LogP contribution in [0.3, 0.4) is 0 Å². The molecule has 0 N–H and O–H groups in total. The lowest BCUT2D eigenvalue weighted by Crippen LogP contribution is -2.34. The van der Waals surface area contributed by atoms with Crippen molar-refractivity contribution in [3.05, 3.63) is 419 Å². The Morgan fingerprint density at radius 3 is 1.26 bits per heavy atom. The van der Waals surface area contributed by atoms with Crippen molar-refractivity contribution in [1.29, 1.82) is 0 Å². The van der Waals surface area contributed by atoms with E-state index in [1.54, 1.807) is 5.57 Å². The van der Waals surface area contributed by atoms with E-state index in [1.807, 2.05) is 332 Å². The Bertz CT molecular complexity index is 4300. The summed E-state index contributed by atoms with van der Waals surface area (Å²) >= 11 is 0. The lowest BCUT2D eigenvalue weighted by Gasteiger charge is -2.35. The van der Waals surface area contributed by atoms with E-state index in [0.29, 0.717) is 18.0 Å². The first kappa shape index (κ1) is 154. The Balaban J connectivity index is -0.000000138. The topological polar surface area (TPSA) is 14.7 Å². The lowest BCUT2D eigenvalue weighted by atomic mass is 9.91. The van der Waals surface area contributed by atoms with E-state index in [-0.39, 0.29) is 0 Å². The van der Waals surface area contributed by atoms with Gasteiger partial charge in [0.05, 0.1) is 23.3 Å². The maximum Gasteiger partial charge on any atom is 0.0629 e. The number of hydrogen-bond acceptors (Lipinski definition) is 3. The lowest BCUT2D eigenvalue weighted by molar-refractivity contribution is 0.706. The van der Waals surface area contributed by atoms with E-state index in [9.17, 15) is 0 Å². The largest absolute Gasteiger partial charge is 0.338 e. The average Bonchev–Trinajstić information content (AvgIpc) is 1.61. The van der Waals surface area contributed by atoms with Crippen molar-refractivity contribution in [1.82, 2.24) is 4.57 Å². The van der Waals surface area contributed by atoms with Gasteiger partial charge in [0, 0.05) is 62.4 Å². The van der Waals surface area contributed by atoms with Crippen LogP contribution in [-0.4, -0.2) is 16.7 Å². The van der Waals surface area contributed by atoms with E-state index in [0.717, 1.165) is 106 Å². The quantitative estimate of drug-likeness (QED) is 0.0419. The van der Waals surface area contributed by atoms with Gasteiger partial charge in [0.25, 0.3) is 0 Å². The first-order valence-electron chi connectivity index (χ1n) is 55.5. The van der Waals surface area contributed by atoms with Crippen molar-refractivity contribution in [3.8, 4) is 0 Å². The van der Waals surface area contributed by atoms with Crippen molar-refractivity contribution in [2.45, 2.75) is 378 Å². The molecule has 4 nitrogen and oxygen atoms in total. The molecule has 0 spiro atoms. The van der Waals surface area contributed by atoms with Crippen LogP contribution in [0, 0.1) is 0 Å². The Morgan fingerprint density at radius 2 is 0.807 bits per heavy atom. The first-order valence-corrected chi connectivity index (χ1v) is 55.5. The molecule has 7 aromatic carbocycles. The highest BCUT2D eigenvalue weighted by Crippen LogP contribution is 2.48. The molecule has 784 valence electrons. The summed E-state index contributed by atoms with van der Waals surface area (Å²) in [6.45, 7) is 109. The van der Waals surface area contributed by atoms with Gasteiger partial charge in [-0.1, -0.05) is 558 Å². The predicted molar refractivity (Wildman–Crippen MR) is 667 cm³/mol. The van der Waals surface area contributed by atoms with E-state index < -0.39 is 0 Å². The molecule has 0 saturated heterocycles. The summed E-state index contributed by atoms with van der Waals surface area (Å²) in [5.41, 5.74) is 20.8. The average molecular weight is 1910 g/mol. The smallest absolute Gasteiger partial charge is 0.0629 e. The van der Waals surface area contributed by atoms with Crippen molar-refractivity contribution >= 4 is 62.9 Å². The zero-order chi connectivity index (χ0) is 110. The highest BCUT2D eigenvalue weighted by molar-refractivity contribution is 5.96. The summed E-state index contributed by atoms with van der Waals surface area (Å²) in [5.74, 6) is 0.455. The van der Waals surface area contributed by atoms with Crippen LogP contribution in [0.4, 0.5) is 34.1 Å². The van der Waals surface area contributed by atoms with Crippen LogP contribution in [-0.2, 0) is 12.8 Å². The molecule has 5 aliphatic rings. The summed E-state index contributed by atoms with van der Waals surface area (Å²) in [7, 11) is 0. The third-order valence-corrected chi connectivity index (χ3v) is 18.3. The molecule has 8 aromatic rings. The number of allylic oxidation sites excluding steroid dienone is 22. The van der Waals surface area contributed by atoms with Gasteiger partial charge < -0.3 is 19.3 Å². The van der Waals surface area contributed by atoms with E-state index >= 15 is 0 Å². The van der Waals surface area contributed by atoms with Gasteiger partial charge in [0.2, 0.25) is 0 Å². The maximum absolute atomic E-state index is 4.05. The summed E-state index contributed by atoms with van der Waals surface area (Å²) in [6, 6.07) is 67.6. The van der Waals surface area contributed by atoms with Crippen LogP contribution in [0.1, 0.15) is 381 Å². The number of fused-ring (bicyclic) bond motifs is 4. The molecule has 3 atom stereocenters. The van der Waals surface area contributed by atoms with Gasteiger partial charge in [0.15, 0.2) is 0 Å². The Labute approximate surface area is 873 Å². The minimum Gasteiger partial charge on any atom is -0.338 e. The van der Waals surface area contributed by atoms with Crippen molar-refractivity contribution in [3.63, 3.8) is 0 Å². The number of anilines is 6. The van der Waals surface area contributed by atoms with Crippen LogP contribution >= 0.6 is 0 Å². The van der Waals surface area contributed by atoms with E-state index in [4.69, 9.17) is 0 Å². The third kappa shape index (κ3) is 62.1. The van der Waals surface area contributed by atoms with Crippen LogP contribution in [0.5, 0.6) is 0 Å². The second-order valence-corrected chi connectivity index (χ2v) is 24.8. The minimum absolute atomic E-state index is 0.386. The van der Waals surface area contributed by atoms with Gasteiger partial charge in [-0.25, -0.2) is 0 Å². The molecule has 4 heteroatoms. The number of rotatable bonds is 25. The van der Waals surface area contributed by atoms with E-state index in [1.165, 1.54) is 67.3 Å². The highest BCUT2D eigenvalue weighted by Gasteiger charge is 2.37. The second-order valence-electron chi connectivity index (χ2n) is 24.8. The molecule has 3 unspecified atom stereocenters. The highest BCUT2D eigenvalue weighted by atomic mass is 15.2.